The van der Waals surface area contributed by atoms with Gasteiger partial charge in [0.1, 0.15) is 4.75 Å². The van der Waals surface area contributed by atoms with E-state index in [-0.39, 0.29) is 5.97 Å². The number of ether oxygens (including phenoxy) is 1. The molecule has 0 heterocycles. The topological polar surface area (TPSA) is 26.3 Å². The van der Waals surface area contributed by atoms with Gasteiger partial charge in [0.25, 0.3) is 0 Å². The van der Waals surface area contributed by atoms with E-state index in [9.17, 15) is 4.79 Å². The minimum absolute atomic E-state index is 0.291. The van der Waals surface area contributed by atoms with Crippen LogP contribution >= 0.6 is 12.6 Å². The second-order valence-corrected chi connectivity index (χ2v) is 4.02. The molecule has 0 saturated carbocycles. The fourth-order valence-electron chi connectivity index (χ4n) is 0.483. The highest BCUT2D eigenvalue weighted by Gasteiger charge is 2.24. The van der Waals surface area contributed by atoms with E-state index >= 15 is 0 Å². The lowest BCUT2D eigenvalue weighted by molar-refractivity contribution is -0.145. The molecule has 0 spiro atoms. The van der Waals surface area contributed by atoms with E-state index in [0.717, 1.165) is 12.8 Å². The van der Waals surface area contributed by atoms with E-state index in [1.807, 2.05) is 6.92 Å². The van der Waals surface area contributed by atoms with Crippen LogP contribution in [-0.2, 0) is 9.53 Å². The zero-order valence-corrected chi connectivity index (χ0v) is 8.16. The first-order valence-electron chi connectivity index (χ1n) is 3.86. The molecule has 0 aliphatic carbocycles. The molecule has 0 unspecified atom stereocenters. The fraction of sp³-hybridized carbons (Fsp3) is 0.875. The Morgan fingerprint density at radius 2 is 2.09 bits per heavy atom. The van der Waals surface area contributed by atoms with E-state index in [2.05, 4.69) is 0 Å². The normalized spacial score (nSPS) is 11.3. The molecule has 0 amide bonds. The first-order valence-corrected chi connectivity index (χ1v) is 4.27. The number of hydrogen-bond acceptors (Lipinski definition) is 2. The Morgan fingerprint density at radius 1 is 1.55 bits per heavy atom. The highest BCUT2D eigenvalue weighted by Crippen LogP contribution is 2.13. The number of carbonyl (C=O) groups excluding carboxylic acids is 1. The Bertz CT molecular complexity index is 127. The molecule has 0 aromatic rings. The average molecular weight is 175 g/mol. The number of carbonyl (C=O) groups is 1. The van der Waals surface area contributed by atoms with Crippen LogP contribution < -0.4 is 0 Å². The summed E-state index contributed by atoms with van der Waals surface area (Å²) in [6.07, 6.45) is 1.95. The van der Waals surface area contributed by atoms with Gasteiger partial charge < -0.3 is 4.74 Å². The lowest BCUT2D eigenvalue weighted by Gasteiger charge is -2.14. The molecule has 0 saturated heterocycles. The molecule has 0 atom stereocenters. The summed E-state index contributed by atoms with van der Waals surface area (Å²) in [5.74, 6) is -0.291. The summed E-state index contributed by atoms with van der Waals surface area (Å²) in [6.45, 7) is 5.90. The van der Waals surface area contributed by atoms with Gasteiger partial charge in [-0.05, 0) is 20.3 Å². The van der Waals surface area contributed by atoms with E-state index in [1.54, 1.807) is 13.8 Å². The molecular weight excluding hydrogens is 160 g/mol. The lowest BCUT2D eigenvalue weighted by atomic mass is 10.2. The molecule has 0 rings (SSSR count). The standard InChI is InChI=1S/C8H15O2S/c1-4-5-6-10-7(9)8(2,3)11/h4-6H2,1-3H3. The van der Waals surface area contributed by atoms with Gasteiger partial charge in [-0.15, -0.1) is 0 Å². The maximum absolute atomic E-state index is 11.0. The van der Waals surface area contributed by atoms with E-state index in [4.69, 9.17) is 17.4 Å². The van der Waals surface area contributed by atoms with Crippen molar-refractivity contribution < 1.29 is 9.53 Å². The first kappa shape index (κ1) is 10.8. The Morgan fingerprint density at radius 3 is 2.45 bits per heavy atom. The van der Waals surface area contributed by atoms with Crippen LogP contribution in [0, 0.1) is 0 Å². The molecule has 2 nitrogen and oxygen atoms in total. The third-order valence-electron chi connectivity index (χ3n) is 1.22. The van der Waals surface area contributed by atoms with Crippen molar-refractivity contribution in [1.29, 1.82) is 0 Å². The molecule has 0 aliphatic heterocycles. The summed E-state index contributed by atoms with van der Waals surface area (Å²) < 4.78 is 4.13. The Kier molecular flexibility index (Phi) is 4.57. The van der Waals surface area contributed by atoms with Gasteiger partial charge in [-0.1, -0.05) is 26.0 Å². The highest BCUT2D eigenvalue weighted by molar-refractivity contribution is 7.82. The van der Waals surface area contributed by atoms with Gasteiger partial charge in [-0.25, -0.2) is 0 Å². The van der Waals surface area contributed by atoms with Gasteiger partial charge in [-0.2, -0.15) is 0 Å². The molecule has 1 radical (unpaired) electrons. The first-order chi connectivity index (χ1) is 4.98. The van der Waals surface area contributed by atoms with Crippen molar-refractivity contribution in [1.82, 2.24) is 0 Å². The van der Waals surface area contributed by atoms with Gasteiger partial charge in [-0.3, -0.25) is 4.79 Å². The van der Waals surface area contributed by atoms with E-state index in [0.29, 0.717) is 6.61 Å². The van der Waals surface area contributed by atoms with Gasteiger partial charge in [0.2, 0.25) is 0 Å². The summed E-state index contributed by atoms with van der Waals surface area (Å²) >= 11 is 4.88. The van der Waals surface area contributed by atoms with Gasteiger partial charge in [0.15, 0.2) is 0 Å². The monoisotopic (exact) mass is 175 g/mol. The predicted molar refractivity (Wildman–Crippen MR) is 47.5 cm³/mol. The van der Waals surface area contributed by atoms with Crippen molar-refractivity contribution in [2.75, 3.05) is 6.61 Å². The third kappa shape index (κ3) is 5.13. The van der Waals surface area contributed by atoms with Crippen LogP contribution in [0.5, 0.6) is 0 Å². The van der Waals surface area contributed by atoms with Crippen LogP contribution in [0.1, 0.15) is 33.6 Å². The highest BCUT2D eigenvalue weighted by atomic mass is 32.1. The smallest absolute Gasteiger partial charge is 0.322 e. The van der Waals surface area contributed by atoms with Crippen molar-refractivity contribution >= 4 is 18.6 Å². The number of hydrogen-bond donors (Lipinski definition) is 0. The largest absolute Gasteiger partial charge is 0.465 e. The van der Waals surface area contributed by atoms with Gasteiger partial charge in [0, 0.05) is 0 Å². The van der Waals surface area contributed by atoms with Gasteiger partial charge in [0.05, 0.1) is 6.61 Å². The summed E-state index contributed by atoms with van der Waals surface area (Å²) in [5.41, 5.74) is 0. The molecular formula is C8H15O2S. The Labute approximate surface area is 73.7 Å². The minimum Gasteiger partial charge on any atom is -0.465 e. The zero-order chi connectivity index (χ0) is 8.91. The molecule has 0 aromatic carbocycles. The van der Waals surface area contributed by atoms with Crippen molar-refractivity contribution in [3.05, 3.63) is 0 Å². The van der Waals surface area contributed by atoms with Gasteiger partial charge >= 0.3 is 5.97 Å². The van der Waals surface area contributed by atoms with Crippen LogP contribution in [-0.4, -0.2) is 17.3 Å². The minimum atomic E-state index is -0.770. The molecule has 0 aliphatic rings. The van der Waals surface area contributed by atoms with Crippen molar-refractivity contribution in [3.63, 3.8) is 0 Å². The molecule has 11 heavy (non-hydrogen) atoms. The van der Waals surface area contributed by atoms with Crippen LogP contribution in [0.25, 0.3) is 0 Å². The number of unbranched alkanes of at least 4 members (excludes halogenated alkanes) is 1. The summed E-state index contributed by atoms with van der Waals surface area (Å²) in [5, 5.41) is 0. The van der Waals surface area contributed by atoms with Crippen LogP contribution in [0.2, 0.25) is 0 Å². The molecule has 3 heteroatoms. The van der Waals surface area contributed by atoms with Crippen LogP contribution in [0.3, 0.4) is 0 Å². The number of esters is 1. The average Bonchev–Trinajstić information content (AvgIpc) is 1.86. The van der Waals surface area contributed by atoms with Crippen LogP contribution in [0.15, 0.2) is 0 Å². The summed E-state index contributed by atoms with van der Waals surface area (Å²) in [4.78, 5) is 11.0. The number of rotatable bonds is 4. The summed E-state index contributed by atoms with van der Waals surface area (Å²) in [7, 11) is 0. The van der Waals surface area contributed by atoms with Crippen molar-refractivity contribution in [3.8, 4) is 0 Å². The summed E-state index contributed by atoms with van der Waals surface area (Å²) in [6, 6.07) is 0. The SMILES string of the molecule is CCCCOC(=O)C(C)(C)[S]. The third-order valence-corrected chi connectivity index (χ3v) is 1.39. The molecule has 0 aromatic heterocycles. The lowest BCUT2D eigenvalue weighted by Crippen LogP contribution is -2.27. The second-order valence-electron chi connectivity index (χ2n) is 3.00. The van der Waals surface area contributed by atoms with Crippen molar-refractivity contribution in [2.45, 2.75) is 38.4 Å². The predicted octanol–water partition coefficient (Wildman–Crippen LogP) is 2.31. The maximum Gasteiger partial charge on any atom is 0.322 e. The Hall–Kier alpha value is -0.180. The van der Waals surface area contributed by atoms with E-state index in [1.165, 1.54) is 0 Å². The molecule has 0 N–H and O–H groups in total. The van der Waals surface area contributed by atoms with Crippen molar-refractivity contribution in [2.24, 2.45) is 0 Å². The quantitative estimate of drug-likeness (QED) is 0.484. The fourth-order valence-corrected chi connectivity index (χ4v) is 0.542. The molecule has 0 fully saturated rings. The zero-order valence-electron chi connectivity index (χ0n) is 7.35. The Balaban J connectivity index is 3.54. The van der Waals surface area contributed by atoms with Crippen LogP contribution in [0.4, 0.5) is 0 Å². The van der Waals surface area contributed by atoms with E-state index < -0.39 is 4.75 Å². The molecule has 0 bridgehead atoms. The maximum atomic E-state index is 11.0. The second kappa shape index (κ2) is 4.65. The molecule has 65 valence electrons.